The van der Waals surface area contributed by atoms with Crippen LogP contribution in [0.2, 0.25) is 0 Å². The van der Waals surface area contributed by atoms with Crippen molar-refractivity contribution in [2.24, 2.45) is 0 Å². The molecule has 2 aromatic heterocycles. The molecule has 33 heavy (non-hydrogen) atoms. The molecule has 0 saturated heterocycles. The number of amides is 2. The van der Waals surface area contributed by atoms with E-state index in [9.17, 15) is 9.59 Å². The Balaban J connectivity index is 1.22. The van der Waals surface area contributed by atoms with E-state index in [1.807, 2.05) is 54.6 Å². The summed E-state index contributed by atoms with van der Waals surface area (Å²) < 4.78 is 7.26. The van der Waals surface area contributed by atoms with Gasteiger partial charge in [-0.15, -0.1) is 0 Å². The number of nitrogens with zero attached hydrogens (tertiary/aromatic N) is 3. The van der Waals surface area contributed by atoms with E-state index >= 15 is 0 Å². The molecule has 0 spiro atoms. The van der Waals surface area contributed by atoms with Crippen LogP contribution in [0.1, 0.15) is 16.8 Å². The van der Waals surface area contributed by atoms with Crippen molar-refractivity contribution in [2.75, 3.05) is 11.1 Å². The molecule has 0 aliphatic carbocycles. The minimum Gasteiger partial charge on any atom is -0.431 e. The molecule has 0 unspecified atom stereocenters. The second kappa shape index (κ2) is 9.72. The van der Waals surface area contributed by atoms with Crippen molar-refractivity contribution in [2.45, 2.75) is 29.8 Å². The number of hydrogen-bond donors (Lipinski definition) is 2. The number of oxazole rings is 1. The van der Waals surface area contributed by atoms with Gasteiger partial charge in [-0.2, -0.15) is 16.9 Å². The van der Waals surface area contributed by atoms with E-state index in [2.05, 4.69) is 20.7 Å². The SMILES string of the molecule is O=C(Cn1nc2c(c1NC(=O)CSc1nc3ccccc3o1)CSC2)NCc1ccccc1. The van der Waals surface area contributed by atoms with Gasteiger partial charge in [0, 0.05) is 23.6 Å². The third kappa shape index (κ3) is 5.07. The lowest BCUT2D eigenvalue weighted by Crippen LogP contribution is -2.29. The minimum absolute atomic E-state index is 0.0401. The molecule has 4 aromatic rings. The quantitative estimate of drug-likeness (QED) is 0.371. The number of carbonyl (C=O) groups is 2. The Kier molecular flexibility index (Phi) is 6.36. The molecule has 0 radical (unpaired) electrons. The maximum absolute atomic E-state index is 12.7. The predicted octanol–water partition coefficient (Wildman–Crippen LogP) is 3.82. The van der Waals surface area contributed by atoms with Crippen molar-refractivity contribution in [3.63, 3.8) is 0 Å². The number of aromatic nitrogens is 3. The first-order valence-electron chi connectivity index (χ1n) is 10.4. The largest absolute Gasteiger partial charge is 0.431 e. The van der Waals surface area contributed by atoms with Crippen LogP contribution >= 0.6 is 23.5 Å². The molecule has 0 fully saturated rings. The smallest absolute Gasteiger partial charge is 0.257 e. The molecule has 168 valence electrons. The lowest BCUT2D eigenvalue weighted by Gasteiger charge is -2.11. The van der Waals surface area contributed by atoms with Gasteiger partial charge in [-0.25, -0.2) is 9.67 Å². The zero-order valence-corrected chi connectivity index (χ0v) is 19.2. The number of thioether (sulfide) groups is 2. The van der Waals surface area contributed by atoms with Crippen LogP contribution < -0.4 is 10.6 Å². The van der Waals surface area contributed by atoms with E-state index in [-0.39, 0.29) is 24.1 Å². The third-order valence-corrected chi connectivity index (χ3v) is 6.90. The van der Waals surface area contributed by atoms with Crippen LogP contribution in [0, 0.1) is 0 Å². The average molecular weight is 480 g/mol. The first-order valence-corrected chi connectivity index (χ1v) is 12.5. The van der Waals surface area contributed by atoms with Crippen LogP contribution in [-0.4, -0.2) is 32.3 Å². The van der Waals surface area contributed by atoms with Gasteiger partial charge in [0.1, 0.15) is 17.9 Å². The number of rotatable bonds is 8. The Morgan fingerprint density at radius 1 is 1.06 bits per heavy atom. The van der Waals surface area contributed by atoms with Crippen LogP contribution in [0.5, 0.6) is 0 Å². The monoisotopic (exact) mass is 479 g/mol. The summed E-state index contributed by atoms with van der Waals surface area (Å²) in [6.07, 6.45) is 0. The van der Waals surface area contributed by atoms with Crippen LogP contribution in [0.15, 0.2) is 64.2 Å². The second-order valence-corrected chi connectivity index (χ2v) is 9.38. The molecular formula is C23H21N5O3S2. The van der Waals surface area contributed by atoms with Crippen molar-refractivity contribution in [1.82, 2.24) is 20.1 Å². The normalized spacial score (nSPS) is 12.6. The fraction of sp³-hybridized carbons (Fsp3) is 0.217. The Hall–Kier alpha value is -3.24. The molecular weight excluding hydrogens is 458 g/mol. The molecule has 8 nitrogen and oxygen atoms in total. The maximum atomic E-state index is 12.7. The summed E-state index contributed by atoms with van der Waals surface area (Å²) >= 11 is 2.97. The van der Waals surface area contributed by atoms with Gasteiger partial charge in [-0.05, 0) is 17.7 Å². The van der Waals surface area contributed by atoms with Crippen molar-refractivity contribution < 1.29 is 14.0 Å². The molecule has 2 aromatic carbocycles. The van der Waals surface area contributed by atoms with Crippen molar-refractivity contribution in [1.29, 1.82) is 0 Å². The average Bonchev–Trinajstić information content (AvgIpc) is 3.53. The fourth-order valence-electron chi connectivity index (χ4n) is 3.52. The van der Waals surface area contributed by atoms with Crippen molar-refractivity contribution >= 4 is 52.3 Å². The molecule has 10 heteroatoms. The van der Waals surface area contributed by atoms with Gasteiger partial charge in [-0.3, -0.25) is 9.59 Å². The number of anilines is 1. The number of para-hydroxylation sites is 2. The zero-order valence-electron chi connectivity index (χ0n) is 17.6. The van der Waals surface area contributed by atoms with Gasteiger partial charge in [0.25, 0.3) is 5.22 Å². The highest BCUT2D eigenvalue weighted by atomic mass is 32.2. The van der Waals surface area contributed by atoms with Gasteiger partial charge in [0.05, 0.1) is 11.4 Å². The standard InChI is InChI=1S/C23H21N5O3S2/c29-20(24-10-15-6-2-1-3-7-15)11-28-22(16-12-32-13-18(16)27-28)26-21(30)14-33-23-25-17-8-4-5-9-19(17)31-23/h1-9H,10-14H2,(H,24,29)(H,26,30). The van der Waals surface area contributed by atoms with E-state index in [0.29, 0.717) is 23.2 Å². The molecule has 0 bridgehead atoms. The molecule has 2 N–H and O–H groups in total. The summed E-state index contributed by atoms with van der Waals surface area (Å²) in [6.45, 7) is 0.484. The number of fused-ring (bicyclic) bond motifs is 2. The first-order chi connectivity index (χ1) is 16.2. The molecule has 3 heterocycles. The summed E-state index contributed by atoms with van der Waals surface area (Å²) in [5.41, 5.74) is 4.37. The number of nitrogens with one attached hydrogen (secondary N) is 2. The van der Waals surface area contributed by atoms with E-state index < -0.39 is 0 Å². The van der Waals surface area contributed by atoms with Gasteiger partial charge < -0.3 is 15.1 Å². The Bertz CT molecular complexity index is 1270. The molecule has 5 rings (SSSR count). The first kappa shape index (κ1) is 21.6. The number of hydrogen-bond acceptors (Lipinski definition) is 7. The number of carbonyl (C=O) groups excluding carboxylic acids is 2. The van der Waals surface area contributed by atoms with E-state index in [0.717, 1.165) is 33.8 Å². The summed E-state index contributed by atoms with van der Waals surface area (Å²) in [4.78, 5) is 29.6. The zero-order chi connectivity index (χ0) is 22.6. The number of benzene rings is 2. The van der Waals surface area contributed by atoms with Crippen LogP contribution in [0.4, 0.5) is 5.82 Å². The Morgan fingerprint density at radius 3 is 2.73 bits per heavy atom. The van der Waals surface area contributed by atoms with E-state index in [4.69, 9.17) is 4.42 Å². The van der Waals surface area contributed by atoms with Crippen molar-refractivity contribution in [3.8, 4) is 0 Å². The van der Waals surface area contributed by atoms with Crippen molar-refractivity contribution in [3.05, 3.63) is 71.4 Å². The second-order valence-electron chi connectivity index (χ2n) is 7.47. The summed E-state index contributed by atoms with van der Waals surface area (Å²) in [7, 11) is 0. The summed E-state index contributed by atoms with van der Waals surface area (Å²) in [6, 6.07) is 17.2. The highest BCUT2D eigenvalue weighted by Gasteiger charge is 2.25. The fourth-order valence-corrected chi connectivity index (χ4v) is 5.19. The lowest BCUT2D eigenvalue weighted by molar-refractivity contribution is -0.122. The molecule has 2 amide bonds. The Labute approximate surface area is 198 Å². The summed E-state index contributed by atoms with van der Waals surface area (Å²) in [5, 5.41) is 10.9. The summed E-state index contributed by atoms with van der Waals surface area (Å²) in [5.74, 6) is 1.90. The van der Waals surface area contributed by atoms with Crippen LogP contribution in [0.3, 0.4) is 0 Å². The van der Waals surface area contributed by atoms with Crippen LogP contribution in [-0.2, 0) is 34.2 Å². The van der Waals surface area contributed by atoms with E-state index in [1.165, 1.54) is 11.8 Å². The highest BCUT2D eigenvalue weighted by molar-refractivity contribution is 7.99. The van der Waals surface area contributed by atoms with Gasteiger partial charge in [-0.1, -0.05) is 54.2 Å². The van der Waals surface area contributed by atoms with Crippen LogP contribution in [0.25, 0.3) is 11.1 Å². The molecule has 0 atom stereocenters. The van der Waals surface area contributed by atoms with Gasteiger partial charge in [0.15, 0.2) is 5.58 Å². The van der Waals surface area contributed by atoms with Gasteiger partial charge >= 0.3 is 0 Å². The lowest BCUT2D eigenvalue weighted by atomic mass is 10.2. The maximum Gasteiger partial charge on any atom is 0.257 e. The molecule has 1 aliphatic heterocycles. The highest BCUT2D eigenvalue weighted by Crippen LogP contribution is 2.35. The topological polar surface area (TPSA) is 102 Å². The predicted molar refractivity (Wildman–Crippen MR) is 129 cm³/mol. The third-order valence-electron chi connectivity index (χ3n) is 5.10. The Morgan fingerprint density at radius 2 is 1.88 bits per heavy atom. The molecule has 0 saturated carbocycles. The van der Waals surface area contributed by atoms with Gasteiger partial charge in [0.2, 0.25) is 11.8 Å². The minimum atomic E-state index is -0.201. The van der Waals surface area contributed by atoms with E-state index in [1.54, 1.807) is 16.4 Å². The molecule has 1 aliphatic rings.